The summed E-state index contributed by atoms with van der Waals surface area (Å²) in [7, 11) is 0. The molecule has 1 amide bonds. The standard InChI is InChI=1S/C20H20F2N4O/c21-20(22)9-17(24-12-20)19(27)23-10-14-4-3-5-15(8-14)11-26-13-25-16-6-1-2-7-18(16)26/h1-8,13,17,24H,9-12H2,(H,23,27). The van der Waals surface area contributed by atoms with Gasteiger partial charge in [-0.3, -0.25) is 10.1 Å². The first kappa shape index (κ1) is 17.6. The maximum atomic E-state index is 13.2. The first-order valence-corrected chi connectivity index (χ1v) is 8.87. The van der Waals surface area contributed by atoms with Crippen molar-refractivity contribution >= 4 is 16.9 Å². The Morgan fingerprint density at radius 2 is 2.04 bits per heavy atom. The minimum atomic E-state index is -2.81. The van der Waals surface area contributed by atoms with Gasteiger partial charge >= 0.3 is 0 Å². The maximum absolute atomic E-state index is 13.2. The van der Waals surface area contributed by atoms with Gasteiger partial charge in [-0.1, -0.05) is 36.4 Å². The normalized spacial score (nSPS) is 18.7. The van der Waals surface area contributed by atoms with E-state index < -0.39 is 30.8 Å². The Morgan fingerprint density at radius 1 is 1.22 bits per heavy atom. The molecule has 1 unspecified atom stereocenters. The summed E-state index contributed by atoms with van der Waals surface area (Å²) in [6.07, 6.45) is 1.36. The summed E-state index contributed by atoms with van der Waals surface area (Å²) in [4.78, 5) is 16.5. The highest BCUT2D eigenvalue weighted by molar-refractivity contribution is 5.82. The lowest BCUT2D eigenvalue weighted by Gasteiger charge is -2.12. The molecule has 140 valence electrons. The molecule has 1 aromatic heterocycles. The van der Waals surface area contributed by atoms with E-state index in [9.17, 15) is 13.6 Å². The molecule has 2 N–H and O–H groups in total. The van der Waals surface area contributed by atoms with Crippen molar-refractivity contribution in [2.75, 3.05) is 6.54 Å². The van der Waals surface area contributed by atoms with Crippen molar-refractivity contribution in [1.29, 1.82) is 0 Å². The molecule has 27 heavy (non-hydrogen) atoms. The van der Waals surface area contributed by atoms with Gasteiger partial charge in [0.25, 0.3) is 5.92 Å². The van der Waals surface area contributed by atoms with Gasteiger partial charge in [0.15, 0.2) is 0 Å². The number of amides is 1. The van der Waals surface area contributed by atoms with E-state index in [4.69, 9.17) is 0 Å². The molecule has 7 heteroatoms. The van der Waals surface area contributed by atoms with Crippen LogP contribution in [-0.4, -0.2) is 34.0 Å². The molecule has 1 atom stereocenters. The van der Waals surface area contributed by atoms with Gasteiger partial charge in [-0.05, 0) is 23.3 Å². The molecule has 4 rings (SSSR count). The first-order valence-electron chi connectivity index (χ1n) is 8.87. The summed E-state index contributed by atoms with van der Waals surface area (Å²) in [6.45, 7) is 0.527. The zero-order valence-electron chi connectivity index (χ0n) is 14.7. The Morgan fingerprint density at radius 3 is 2.85 bits per heavy atom. The second kappa shape index (κ2) is 7.08. The van der Waals surface area contributed by atoms with Crippen molar-refractivity contribution in [3.63, 3.8) is 0 Å². The maximum Gasteiger partial charge on any atom is 0.262 e. The zero-order chi connectivity index (χ0) is 18.9. The van der Waals surface area contributed by atoms with E-state index in [1.165, 1.54) is 0 Å². The molecule has 0 radical (unpaired) electrons. The number of aromatic nitrogens is 2. The van der Waals surface area contributed by atoms with Gasteiger partial charge in [-0.25, -0.2) is 13.8 Å². The first-order chi connectivity index (χ1) is 13.0. The molecule has 0 saturated carbocycles. The summed E-state index contributed by atoms with van der Waals surface area (Å²) in [6, 6.07) is 15.0. The van der Waals surface area contributed by atoms with Crippen LogP contribution in [0.4, 0.5) is 8.78 Å². The van der Waals surface area contributed by atoms with E-state index >= 15 is 0 Å². The third-order valence-electron chi connectivity index (χ3n) is 4.76. The molecule has 1 aliphatic rings. The number of imidazole rings is 1. The Hall–Kier alpha value is -2.80. The lowest BCUT2D eigenvalue weighted by atomic mass is 10.1. The van der Waals surface area contributed by atoms with Crippen LogP contribution in [0.25, 0.3) is 11.0 Å². The van der Waals surface area contributed by atoms with Crippen molar-refractivity contribution < 1.29 is 13.6 Å². The number of carbonyl (C=O) groups excluding carboxylic acids is 1. The van der Waals surface area contributed by atoms with Gasteiger partial charge in [0.2, 0.25) is 5.91 Å². The Bertz CT molecular complexity index is 969. The fraction of sp³-hybridized carbons (Fsp3) is 0.300. The van der Waals surface area contributed by atoms with E-state index in [1.807, 2.05) is 54.9 Å². The number of para-hydroxylation sites is 2. The summed E-state index contributed by atoms with van der Waals surface area (Å²) < 4.78 is 28.5. The van der Waals surface area contributed by atoms with E-state index in [1.54, 1.807) is 0 Å². The van der Waals surface area contributed by atoms with Crippen molar-refractivity contribution in [3.05, 3.63) is 66.0 Å². The highest BCUT2D eigenvalue weighted by Crippen LogP contribution is 2.25. The molecule has 0 bridgehead atoms. The summed E-state index contributed by atoms with van der Waals surface area (Å²) >= 11 is 0. The van der Waals surface area contributed by atoms with Crippen LogP contribution < -0.4 is 10.6 Å². The van der Waals surface area contributed by atoms with Crippen molar-refractivity contribution in [2.24, 2.45) is 0 Å². The largest absolute Gasteiger partial charge is 0.351 e. The number of halogens is 2. The van der Waals surface area contributed by atoms with E-state index in [2.05, 4.69) is 20.2 Å². The lowest BCUT2D eigenvalue weighted by molar-refractivity contribution is -0.123. The number of hydrogen-bond acceptors (Lipinski definition) is 3. The van der Waals surface area contributed by atoms with Gasteiger partial charge in [-0.15, -0.1) is 0 Å². The number of nitrogens with one attached hydrogen (secondary N) is 2. The molecule has 1 saturated heterocycles. The minimum Gasteiger partial charge on any atom is -0.351 e. The van der Waals surface area contributed by atoms with Crippen LogP contribution in [0.1, 0.15) is 17.5 Å². The third kappa shape index (κ3) is 3.98. The summed E-state index contributed by atoms with van der Waals surface area (Å²) in [5.74, 6) is -3.20. The van der Waals surface area contributed by atoms with E-state index in [0.717, 1.165) is 22.2 Å². The number of alkyl halides is 2. The second-order valence-electron chi connectivity index (χ2n) is 6.89. The average molecular weight is 370 g/mol. The number of carbonyl (C=O) groups is 1. The topological polar surface area (TPSA) is 59.0 Å². The smallest absolute Gasteiger partial charge is 0.262 e. The van der Waals surface area contributed by atoms with Crippen molar-refractivity contribution in [3.8, 4) is 0 Å². The molecule has 5 nitrogen and oxygen atoms in total. The monoisotopic (exact) mass is 370 g/mol. The lowest BCUT2D eigenvalue weighted by Crippen LogP contribution is -2.40. The van der Waals surface area contributed by atoms with Crippen molar-refractivity contribution in [1.82, 2.24) is 20.2 Å². The fourth-order valence-corrected chi connectivity index (χ4v) is 3.38. The molecule has 2 aromatic carbocycles. The Labute approximate surface area is 155 Å². The molecule has 1 fully saturated rings. The molecule has 1 aliphatic heterocycles. The number of hydrogen-bond donors (Lipinski definition) is 2. The highest BCUT2D eigenvalue weighted by atomic mass is 19.3. The van der Waals surface area contributed by atoms with E-state index in [0.29, 0.717) is 13.1 Å². The van der Waals surface area contributed by atoms with E-state index in [-0.39, 0.29) is 0 Å². The van der Waals surface area contributed by atoms with Crippen LogP contribution in [0.5, 0.6) is 0 Å². The number of rotatable bonds is 5. The van der Waals surface area contributed by atoms with Gasteiger partial charge in [0.1, 0.15) is 0 Å². The average Bonchev–Trinajstić information content (AvgIpc) is 3.23. The Balaban J connectivity index is 1.40. The van der Waals surface area contributed by atoms with Crippen LogP contribution >= 0.6 is 0 Å². The van der Waals surface area contributed by atoms with Gasteiger partial charge in [0, 0.05) is 19.5 Å². The van der Waals surface area contributed by atoms with Crippen LogP contribution in [0, 0.1) is 0 Å². The molecule has 0 aliphatic carbocycles. The molecule has 3 aromatic rings. The summed E-state index contributed by atoms with van der Waals surface area (Å²) in [5.41, 5.74) is 4.01. The third-order valence-corrected chi connectivity index (χ3v) is 4.76. The number of nitrogens with zero attached hydrogens (tertiary/aromatic N) is 2. The molecule has 2 heterocycles. The second-order valence-corrected chi connectivity index (χ2v) is 6.89. The molecular weight excluding hydrogens is 350 g/mol. The number of fused-ring (bicyclic) bond motifs is 1. The van der Waals surface area contributed by atoms with Crippen LogP contribution in [0.15, 0.2) is 54.9 Å². The van der Waals surface area contributed by atoms with Crippen molar-refractivity contribution in [2.45, 2.75) is 31.5 Å². The predicted molar refractivity (Wildman–Crippen MR) is 98.5 cm³/mol. The molecule has 0 spiro atoms. The fourth-order valence-electron chi connectivity index (χ4n) is 3.38. The number of benzene rings is 2. The predicted octanol–water partition coefficient (Wildman–Crippen LogP) is 2.70. The van der Waals surface area contributed by atoms with Gasteiger partial charge in [-0.2, -0.15) is 0 Å². The Kier molecular flexibility index (Phi) is 4.61. The highest BCUT2D eigenvalue weighted by Gasteiger charge is 2.42. The van der Waals surface area contributed by atoms with Crippen LogP contribution in [-0.2, 0) is 17.9 Å². The molecular formula is C20H20F2N4O. The minimum absolute atomic E-state index is 0.307. The van der Waals surface area contributed by atoms with Crippen LogP contribution in [0.2, 0.25) is 0 Å². The quantitative estimate of drug-likeness (QED) is 0.726. The van der Waals surface area contributed by atoms with Crippen LogP contribution in [0.3, 0.4) is 0 Å². The van der Waals surface area contributed by atoms with Gasteiger partial charge < -0.3 is 9.88 Å². The zero-order valence-corrected chi connectivity index (χ0v) is 14.7. The summed E-state index contributed by atoms with van der Waals surface area (Å²) in [5, 5.41) is 5.31. The SMILES string of the molecule is O=C(NCc1cccc(Cn2cnc3ccccc32)c1)C1CC(F)(F)CN1. The van der Waals surface area contributed by atoms with Gasteiger partial charge in [0.05, 0.1) is 29.9 Å².